The third kappa shape index (κ3) is 4.46. The first-order valence-corrected chi connectivity index (χ1v) is 14.0. The van der Waals surface area contributed by atoms with Crippen LogP contribution in [0.4, 0.5) is 0 Å². The predicted molar refractivity (Wildman–Crippen MR) is 135 cm³/mol. The zero-order valence-corrected chi connectivity index (χ0v) is 22.4. The number of esters is 1. The van der Waals surface area contributed by atoms with Crippen LogP contribution in [0.3, 0.4) is 0 Å². The van der Waals surface area contributed by atoms with E-state index in [9.17, 15) is 14.9 Å². The normalized spacial score (nSPS) is 40.4. The summed E-state index contributed by atoms with van der Waals surface area (Å²) in [5, 5.41) is 12.3. The van der Waals surface area contributed by atoms with E-state index in [2.05, 4.69) is 34.6 Å². The molecule has 0 radical (unpaired) electrons. The number of carbonyl (C=O) groups excluding carboxylic acids is 1. The van der Waals surface area contributed by atoms with Gasteiger partial charge in [0.05, 0.1) is 4.92 Å². The van der Waals surface area contributed by atoms with Gasteiger partial charge in [0, 0.05) is 25.3 Å². The molecule has 34 heavy (non-hydrogen) atoms. The lowest BCUT2D eigenvalue weighted by Gasteiger charge is -2.58. The van der Waals surface area contributed by atoms with Crippen molar-refractivity contribution >= 4 is 5.97 Å². The molecule has 0 amide bonds. The standard InChI is InChI=1S/C29H47NO4/c1-18(2)8-7-9-19(3)23-10-11-24-22-17-27(30(32)33)26-16-21(34-20(4)31)12-14-29(26,6)25(22)13-15-28(23,24)5/h18-19,21-25H,7-17H2,1-6H3/t19?,21?,22?,23?,24?,25?,28-,29+/m0/s1. The maximum atomic E-state index is 12.3. The summed E-state index contributed by atoms with van der Waals surface area (Å²) in [7, 11) is 0. The summed E-state index contributed by atoms with van der Waals surface area (Å²) in [4.78, 5) is 23.8. The number of nitro groups is 1. The van der Waals surface area contributed by atoms with Gasteiger partial charge in [-0.2, -0.15) is 0 Å². The molecule has 0 heterocycles. The highest BCUT2D eigenvalue weighted by molar-refractivity contribution is 5.66. The van der Waals surface area contributed by atoms with E-state index in [0.717, 1.165) is 36.2 Å². The van der Waals surface area contributed by atoms with Gasteiger partial charge in [0.1, 0.15) is 6.10 Å². The summed E-state index contributed by atoms with van der Waals surface area (Å²) in [6.45, 7) is 13.4. The Morgan fingerprint density at radius 3 is 2.44 bits per heavy atom. The Morgan fingerprint density at radius 2 is 1.79 bits per heavy atom. The fourth-order valence-corrected chi connectivity index (χ4v) is 9.29. The second-order valence-electron chi connectivity index (χ2n) is 13.2. The summed E-state index contributed by atoms with van der Waals surface area (Å²) < 4.78 is 5.53. The molecule has 0 aromatic rings. The molecular weight excluding hydrogens is 426 g/mol. The predicted octanol–water partition coefficient (Wildman–Crippen LogP) is 7.56. The monoisotopic (exact) mass is 473 g/mol. The summed E-state index contributed by atoms with van der Waals surface area (Å²) >= 11 is 0. The van der Waals surface area contributed by atoms with Crippen molar-refractivity contribution in [1.82, 2.24) is 0 Å². The molecule has 192 valence electrons. The third-order valence-electron chi connectivity index (χ3n) is 10.9. The van der Waals surface area contributed by atoms with Gasteiger partial charge in [0.2, 0.25) is 5.70 Å². The zero-order valence-electron chi connectivity index (χ0n) is 22.4. The molecule has 0 aromatic heterocycles. The molecule has 0 N–H and O–H groups in total. The fourth-order valence-electron chi connectivity index (χ4n) is 9.29. The largest absolute Gasteiger partial charge is 0.462 e. The van der Waals surface area contributed by atoms with Crippen LogP contribution in [0.5, 0.6) is 0 Å². The van der Waals surface area contributed by atoms with Gasteiger partial charge in [-0.15, -0.1) is 0 Å². The quantitative estimate of drug-likeness (QED) is 0.217. The molecule has 0 saturated heterocycles. The maximum Gasteiger partial charge on any atom is 0.302 e. The maximum absolute atomic E-state index is 12.3. The molecule has 5 nitrogen and oxygen atoms in total. The van der Waals surface area contributed by atoms with Crippen LogP contribution in [0.15, 0.2) is 11.3 Å². The van der Waals surface area contributed by atoms with Crippen molar-refractivity contribution < 1.29 is 14.5 Å². The highest BCUT2D eigenvalue weighted by Gasteiger charge is 2.61. The van der Waals surface area contributed by atoms with Crippen molar-refractivity contribution in [3.05, 3.63) is 21.4 Å². The molecule has 5 heteroatoms. The van der Waals surface area contributed by atoms with Gasteiger partial charge in [0.15, 0.2) is 0 Å². The number of ether oxygens (including phenoxy) is 1. The minimum absolute atomic E-state index is 0.0904. The van der Waals surface area contributed by atoms with Gasteiger partial charge in [-0.05, 0) is 84.9 Å². The van der Waals surface area contributed by atoms with Crippen LogP contribution < -0.4 is 0 Å². The Morgan fingerprint density at radius 1 is 1.06 bits per heavy atom. The molecule has 0 aromatic carbocycles. The van der Waals surface area contributed by atoms with E-state index in [-0.39, 0.29) is 22.4 Å². The third-order valence-corrected chi connectivity index (χ3v) is 10.9. The molecule has 3 fully saturated rings. The van der Waals surface area contributed by atoms with Crippen molar-refractivity contribution in [2.45, 2.75) is 118 Å². The summed E-state index contributed by atoms with van der Waals surface area (Å²) in [6, 6.07) is 0. The molecular formula is C29H47NO4. The second kappa shape index (κ2) is 9.58. The fraction of sp³-hybridized carbons (Fsp3) is 0.897. The van der Waals surface area contributed by atoms with E-state index in [1.54, 1.807) is 0 Å². The molecule has 3 saturated carbocycles. The average molecular weight is 474 g/mol. The van der Waals surface area contributed by atoms with Crippen molar-refractivity contribution in [2.24, 2.45) is 46.3 Å². The first kappa shape index (κ1) is 25.7. The van der Waals surface area contributed by atoms with Crippen LogP contribution in [0.25, 0.3) is 0 Å². The van der Waals surface area contributed by atoms with Crippen LogP contribution in [-0.4, -0.2) is 17.0 Å². The van der Waals surface area contributed by atoms with Gasteiger partial charge in [-0.1, -0.05) is 53.9 Å². The smallest absolute Gasteiger partial charge is 0.302 e. The average Bonchev–Trinajstić information content (AvgIpc) is 3.10. The van der Waals surface area contributed by atoms with E-state index in [1.165, 1.54) is 51.9 Å². The number of nitrogens with zero attached hydrogens (tertiary/aromatic N) is 1. The highest BCUT2D eigenvalue weighted by atomic mass is 16.6. The van der Waals surface area contributed by atoms with Crippen molar-refractivity contribution in [1.29, 1.82) is 0 Å². The second-order valence-corrected chi connectivity index (χ2v) is 13.2. The molecule has 0 aliphatic heterocycles. The Hall–Kier alpha value is -1.39. The zero-order chi connectivity index (χ0) is 24.8. The van der Waals surface area contributed by atoms with Crippen molar-refractivity contribution in [3.8, 4) is 0 Å². The summed E-state index contributed by atoms with van der Waals surface area (Å²) in [5.41, 5.74) is 1.66. The summed E-state index contributed by atoms with van der Waals surface area (Å²) in [6.07, 6.45) is 11.6. The van der Waals surface area contributed by atoms with Crippen LogP contribution in [0.1, 0.15) is 112 Å². The molecule has 4 aliphatic rings. The van der Waals surface area contributed by atoms with Crippen LogP contribution in [0, 0.1) is 56.5 Å². The molecule has 0 bridgehead atoms. The minimum Gasteiger partial charge on any atom is -0.462 e. The van der Waals surface area contributed by atoms with E-state index >= 15 is 0 Å². The van der Waals surface area contributed by atoms with Gasteiger partial charge < -0.3 is 4.74 Å². The van der Waals surface area contributed by atoms with E-state index in [4.69, 9.17) is 4.74 Å². The van der Waals surface area contributed by atoms with E-state index in [1.807, 2.05) is 0 Å². The first-order chi connectivity index (χ1) is 16.0. The molecule has 6 unspecified atom stereocenters. The molecule has 0 spiro atoms. The molecule has 4 aliphatic carbocycles. The van der Waals surface area contributed by atoms with Crippen LogP contribution in [0.2, 0.25) is 0 Å². The number of fused-ring (bicyclic) bond motifs is 5. The highest BCUT2D eigenvalue weighted by Crippen LogP contribution is 2.68. The Kier molecular flexibility index (Phi) is 7.24. The minimum atomic E-state index is -0.279. The number of hydrogen-bond donors (Lipinski definition) is 0. The number of allylic oxidation sites excluding steroid dienone is 1. The van der Waals surface area contributed by atoms with Gasteiger partial charge in [-0.25, -0.2) is 0 Å². The van der Waals surface area contributed by atoms with E-state index < -0.39 is 0 Å². The lowest BCUT2D eigenvalue weighted by atomic mass is 9.46. The lowest BCUT2D eigenvalue weighted by molar-refractivity contribution is -0.434. The SMILES string of the molecule is CC(=O)OC1CC[C@@]2(C)C(=C([N+](=O)[O-])CC3C4CCC(C(C)CCCC(C)C)[C@]4(C)CCC32)C1. The summed E-state index contributed by atoms with van der Waals surface area (Å²) in [5.74, 6) is 3.53. The van der Waals surface area contributed by atoms with Gasteiger partial charge >= 0.3 is 5.97 Å². The topological polar surface area (TPSA) is 69.4 Å². The van der Waals surface area contributed by atoms with Gasteiger partial charge in [-0.3, -0.25) is 14.9 Å². The van der Waals surface area contributed by atoms with Crippen LogP contribution in [-0.2, 0) is 9.53 Å². The van der Waals surface area contributed by atoms with Crippen molar-refractivity contribution in [2.75, 3.05) is 0 Å². The van der Waals surface area contributed by atoms with Crippen LogP contribution >= 0.6 is 0 Å². The lowest BCUT2D eigenvalue weighted by Crippen LogP contribution is -2.52. The number of hydrogen-bond acceptors (Lipinski definition) is 4. The Labute approximate surface area is 206 Å². The first-order valence-electron chi connectivity index (χ1n) is 14.0. The number of carbonyl (C=O) groups is 1. The van der Waals surface area contributed by atoms with Gasteiger partial charge in [0.25, 0.3) is 0 Å². The Bertz CT molecular complexity index is 834. The Balaban J connectivity index is 1.58. The molecule has 4 rings (SSSR count). The molecule has 8 atom stereocenters. The van der Waals surface area contributed by atoms with Crippen molar-refractivity contribution in [3.63, 3.8) is 0 Å². The van der Waals surface area contributed by atoms with E-state index in [0.29, 0.717) is 41.7 Å². The number of rotatable bonds is 7.